The van der Waals surface area contributed by atoms with Crippen LogP contribution in [0.25, 0.3) is 0 Å². The highest BCUT2D eigenvalue weighted by atomic mass is 19.1. The SMILES string of the molecule is CCOC(=O)CCCNC(=O)c1ccccc1C(=O)c1ccc(F)cc1. The molecule has 0 bridgehead atoms. The second kappa shape index (κ2) is 9.46. The third-order valence-electron chi connectivity index (χ3n) is 3.67. The Morgan fingerprint density at radius 3 is 2.31 bits per heavy atom. The Balaban J connectivity index is 2.03. The van der Waals surface area contributed by atoms with Gasteiger partial charge in [0.15, 0.2) is 5.78 Å². The van der Waals surface area contributed by atoms with Crippen LogP contribution in [-0.2, 0) is 9.53 Å². The van der Waals surface area contributed by atoms with Gasteiger partial charge in [-0.25, -0.2) is 4.39 Å². The molecule has 2 aromatic rings. The molecular weight excluding hydrogens is 337 g/mol. The van der Waals surface area contributed by atoms with E-state index in [0.717, 1.165) is 0 Å². The number of esters is 1. The lowest BCUT2D eigenvalue weighted by molar-refractivity contribution is -0.143. The van der Waals surface area contributed by atoms with E-state index in [-0.39, 0.29) is 35.8 Å². The standard InChI is InChI=1S/C20H20FNO4/c1-2-26-18(23)8-5-13-22-20(25)17-7-4-3-6-16(17)19(24)14-9-11-15(21)12-10-14/h3-4,6-7,9-12H,2,5,8,13H2,1H3,(H,22,25). The first-order valence-electron chi connectivity index (χ1n) is 8.36. The van der Waals surface area contributed by atoms with Gasteiger partial charge in [-0.05, 0) is 43.7 Å². The van der Waals surface area contributed by atoms with Crippen molar-refractivity contribution in [1.29, 1.82) is 0 Å². The smallest absolute Gasteiger partial charge is 0.305 e. The first-order valence-corrected chi connectivity index (χ1v) is 8.36. The Morgan fingerprint density at radius 2 is 1.65 bits per heavy atom. The molecule has 0 heterocycles. The van der Waals surface area contributed by atoms with Crippen LogP contribution in [0.3, 0.4) is 0 Å². The second-order valence-corrected chi connectivity index (χ2v) is 5.55. The molecule has 1 N–H and O–H groups in total. The van der Waals surface area contributed by atoms with Crippen molar-refractivity contribution in [3.63, 3.8) is 0 Å². The van der Waals surface area contributed by atoms with E-state index in [4.69, 9.17) is 4.74 Å². The summed E-state index contributed by atoms with van der Waals surface area (Å²) in [6.45, 7) is 2.34. The first-order chi connectivity index (χ1) is 12.5. The highest BCUT2D eigenvalue weighted by molar-refractivity contribution is 6.15. The fraction of sp³-hybridized carbons (Fsp3) is 0.250. The molecule has 1 amide bonds. The summed E-state index contributed by atoms with van der Waals surface area (Å²) < 4.78 is 17.8. The van der Waals surface area contributed by atoms with E-state index in [1.165, 1.54) is 24.3 Å². The molecule has 0 radical (unpaired) electrons. The minimum atomic E-state index is -0.436. The number of carbonyl (C=O) groups is 3. The van der Waals surface area contributed by atoms with Gasteiger partial charge >= 0.3 is 5.97 Å². The third-order valence-corrected chi connectivity index (χ3v) is 3.67. The van der Waals surface area contributed by atoms with E-state index in [0.29, 0.717) is 18.6 Å². The largest absolute Gasteiger partial charge is 0.466 e. The summed E-state index contributed by atoms with van der Waals surface area (Å²) in [6.07, 6.45) is 0.656. The lowest BCUT2D eigenvalue weighted by Gasteiger charge is -2.10. The summed E-state index contributed by atoms with van der Waals surface area (Å²) in [5.41, 5.74) is 0.772. The van der Waals surface area contributed by atoms with Crippen molar-refractivity contribution in [3.8, 4) is 0 Å². The van der Waals surface area contributed by atoms with E-state index in [9.17, 15) is 18.8 Å². The van der Waals surface area contributed by atoms with Crippen molar-refractivity contribution in [3.05, 3.63) is 71.0 Å². The number of benzene rings is 2. The quantitative estimate of drug-likeness (QED) is 0.448. The number of hydrogen-bond donors (Lipinski definition) is 1. The maximum absolute atomic E-state index is 13.0. The van der Waals surface area contributed by atoms with E-state index < -0.39 is 11.7 Å². The molecule has 2 rings (SSSR count). The second-order valence-electron chi connectivity index (χ2n) is 5.55. The van der Waals surface area contributed by atoms with Gasteiger partial charge in [0.2, 0.25) is 0 Å². The molecule has 0 spiro atoms. The molecule has 0 unspecified atom stereocenters. The lowest BCUT2D eigenvalue weighted by atomic mass is 9.98. The Kier molecular flexibility index (Phi) is 7.02. The minimum absolute atomic E-state index is 0.213. The van der Waals surface area contributed by atoms with Gasteiger partial charge in [0.1, 0.15) is 5.82 Å². The van der Waals surface area contributed by atoms with Crippen LogP contribution in [0.4, 0.5) is 4.39 Å². The van der Waals surface area contributed by atoms with Crippen LogP contribution in [-0.4, -0.2) is 30.8 Å². The Hall–Kier alpha value is -3.02. The van der Waals surface area contributed by atoms with Crippen molar-refractivity contribution in [2.45, 2.75) is 19.8 Å². The summed E-state index contributed by atoms with van der Waals surface area (Å²) in [5, 5.41) is 2.69. The molecule has 0 saturated heterocycles. The van der Waals surface area contributed by atoms with Crippen molar-refractivity contribution < 1.29 is 23.5 Å². The molecule has 6 heteroatoms. The van der Waals surface area contributed by atoms with Crippen LogP contribution in [0, 0.1) is 5.82 Å². The van der Waals surface area contributed by atoms with Gasteiger partial charge in [0.05, 0.1) is 12.2 Å². The number of rotatable bonds is 8. The number of hydrogen-bond acceptors (Lipinski definition) is 4. The number of halogens is 1. The van der Waals surface area contributed by atoms with Gasteiger partial charge in [-0.15, -0.1) is 0 Å². The predicted octanol–water partition coefficient (Wildman–Crippen LogP) is 3.13. The summed E-state index contributed by atoms with van der Waals surface area (Å²) in [4.78, 5) is 36.3. The monoisotopic (exact) mass is 357 g/mol. The average Bonchev–Trinajstić information content (AvgIpc) is 2.65. The van der Waals surface area contributed by atoms with Crippen LogP contribution >= 0.6 is 0 Å². The zero-order valence-electron chi connectivity index (χ0n) is 14.5. The Labute approximate surface area is 151 Å². The van der Waals surface area contributed by atoms with E-state index >= 15 is 0 Å². The van der Waals surface area contributed by atoms with Crippen LogP contribution in [0.2, 0.25) is 0 Å². The maximum atomic E-state index is 13.0. The number of amides is 1. The highest BCUT2D eigenvalue weighted by Crippen LogP contribution is 2.15. The summed E-state index contributed by atoms with van der Waals surface area (Å²) >= 11 is 0. The summed E-state index contributed by atoms with van der Waals surface area (Å²) in [7, 11) is 0. The molecule has 0 aliphatic heterocycles. The van der Waals surface area contributed by atoms with Crippen molar-refractivity contribution in [2.75, 3.05) is 13.2 Å². The van der Waals surface area contributed by atoms with Gasteiger partial charge in [0, 0.05) is 24.1 Å². The molecule has 0 saturated carbocycles. The molecule has 0 fully saturated rings. The van der Waals surface area contributed by atoms with Crippen molar-refractivity contribution in [1.82, 2.24) is 5.32 Å². The minimum Gasteiger partial charge on any atom is -0.466 e. The zero-order chi connectivity index (χ0) is 18.9. The maximum Gasteiger partial charge on any atom is 0.305 e. The Morgan fingerprint density at radius 1 is 1.00 bits per heavy atom. The fourth-order valence-electron chi connectivity index (χ4n) is 2.40. The topological polar surface area (TPSA) is 72.5 Å². The van der Waals surface area contributed by atoms with Gasteiger partial charge in [-0.2, -0.15) is 0 Å². The average molecular weight is 357 g/mol. The molecule has 5 nitrogen and oxygen atoms in total. The van der Waals surface area contributed by atoms with E-state index in [2.05, 4.69) is 5.32 Å². The first kappa shape index (κ1) is 19.3. The number of carbonyl (C=O) groups excluding carboxylic acids is 3. The van der Waals surface area contributed by atoms with Crippen LogP contribution < -0.4 is 5.32 Å². The van der Waals surface area contributed by atoms with Crippen molar-refractivity contribution >= 4 is 17.7 Å². The number of nitrogens with one attached hydrogen (secondary N) is 1. The molecule has 0 atom stereocenters. The zero-order valence-corrected chi connectivity index (χ0v) is 14.5. The Bertz CT molecular complexity index is 787. The summed E-state index contributed by atoms with van der Waals surface area (Å²) in [6, 6.07) is 11.6. The third kappa shape index (κ3) is 5.24. The lowest BCUT2D eigenvalue weighted by Crippen LogP contribution is -2.27. The molecule has 0 aliphatic carbocycles. The number of ether oxygens (including phenoxy) is 1. The van der Waals surface area contributed by atoms with E-state index in [1.54, 1.807) is 31.2 Å². The van der Waals surface area contributed by atoms with Gasteiger partial charge in [0.25, 0.3) is 5.91 Å². The predicted molar refractivity (Wildman–Crippen MR) is 94.5 cm³/mol. The molecule has 26 heavy (non-hydrogen) atoms. The fourth-order valence-corrected chi connectivity index (χ4v) is 2.40. The van der Waals surface area contributed by atoms with Crippen LogP contribution in [0.1, 0.15) is 46.0 Å². The van der Waals surface area contributed by atoms with E-state index in [1.807, 2.05) is 0 Å². The normalized spacial score (nSPS) is 10.2. The molecule has 0 aliphatic rings. The molecule has 2 aromatic carbocycles. The van der Waals surface area contributed by atoms with Crippen LogP contribution in [0.15, 0.2) is 48.5 Å². The van der Waals surface area contributed by atoms with Crippen LogP contribution in [0.5, 0.6) is 0 Å². The summed E-state index contributed by atoms with van der Waals surface area (Å²) in [5.74, 6) is -1.51. The molecule has 136 valence electrons. The highest BCUT2D eigenvalue weighted by Gasteiger charge is 2.18. The van der Waals surface area contributed by atoms with Gasteiger partial charge in [-0.3, -0.25) is 14.4 Å². The molecular formula is C20H20FNO4. The number of ketones is 1. The van der Waals surface area contributed by atoms with Crippen molar-refractivity contribution in [2.24, 2.45) is 0 Å². The van der Waals surface area contributed by atoms with Gasteiger partial charge in [-0.1, -0.05) is 18.2 Å². The van der Waals surface area contributed by atoms with Gasteiger partial charge < -0.3 is 10.1 Å². The molecule has 0 aromatic heterocycles.